The van der Waals surface area contributed by atoms with Crippen molar-refractivity contribution in [1.82, 2.24) is 4.98 Å². The van der Waals surface area contributed by atoms with E-state index in [4.69, 9.17) is 16.3 Å². The number of hydrogen-bond acceptors (Lipinski definition) is 4. The maximum Gasteiger partial charge on any atom is 0.210 e. The standard InChI is InChI=1S/C16H12ClNO2S/c1-10-5-6-11-3-2-4-13(16(11)18-10)20-9-12(19)14-7-8-15(17)21-14/h2-8H,9H2,1H3. The van der Waals surface area contributed by atoms with Crippen LogP contribution in [-0.2, 0) is 0 Å². The van der Waals surface area contributed by atoms with Gasteiger partial charge in [-0.3, -0.25) is 4.79 Å². The molecule has 2 aromatic heterocycles. The van der Waals surface area contributed by atoms with E-state index in [0.717, 1.165) is 16.6 Å². The summed E-state index contributed by atoms with van der Waals surface area (Å²) in [5, 5.41) is 0.990. The number of para-hydroxylation sites is 1. The predicted molar refractivity (Wildman–Crippen MR) is 85.6 cm³/mol. The number of carbonyl (C=O) groups is 1. The second kappa shape index (κ2) is 5.84. The summed E-state index contributed by atoms with van der Waals surface area (Å²) < 4.78 is 6.25. The molecule has 106 valence electrons. The predicted octanol–water partition coefficient (Wildman–Crippen LogP) is 4.52. The Hall–Kier alpha value is -1.91. The number of benzene rings is 1. The minimum absolute atomic E-state index is 0.0222. The Morgan fingerprint density at radius 3 is 2.86 bits per heavy atom. The van der Waals surface area contributed by atoms with Gasteiger partial charge in [0.05, 0.1) is 9.21 Å². The number of nitrogens with zero attached hydrogens (tertiary/aromatic N) is 1. The van der Waals surface area contributed by atoms with Gasteiger partial charge in [0.25, 0.3) is 0 Å². The van der Waals surface area contributed by atoms with Crippen LogP contribution in [0.15, 0.2) is 42.5 Å². The van der Waals surface area contributed by atoms with E-state index in [1.807, 2.05) is 37.3 Å². The van der Waals surface area contributed by atoms with E-state index in [1.165, 1.54) is 11.3 Å². The van der Waals surface area contributed by atoms with Gasteiger partial charge in [-0.15, -0.1) is 11.3 Å². The van der Waals surface area contributed by atoms with Gasteiger partial charge >= 0.3 is 0 Å². The first-order valence-corrected chi connectivity index (χ1v) is 7.60. The summed E-state index contributed by atoms with van der Waals surface area (Å²) in [6.07, 6.45) is 0. The molecule has 3 nitrogen and oxygen atoms in total. The third-order valence-electron chi connectivity index (χ3n) is 3.03. The van der Waals surface area contributed by atoms with Crippen LogP contribution in [-0.4, -0.2) is 17.4 Å². The van der Waals surface area contributed by atoms with Crippen LogP contribution in [0.2, 0.25) is 4.34 Å². The number of Topliss-reactive ketones (excluding diaryl/α,β-unsaturated/α-hetero) is 1. The number of fused-ring (bicyclic) bond motifs is 1. The van der Waals surface area contributed by atoms with Crippen LogP contribution < -0.4 is 4.74 Å². The van der Waals surface area contributed by atoms with Crippen molar-refractivity contribution in [2.24, 2.45) is 0 Å². The van der Waals surface area contributed by atoms with Crippen molar-refractivity contribution in [1.29, 1.82) is 0 Å². The summed E-state index contributed by atoms with van der Waals surface area (Å²) in [6.45, 7) is 1.90. The molecule has 0 fully saturated rings. The monoisotopic (exact) mass is 317 g/mol. The van der Waals surface area contributed by atoms with Crippen molar-refractivity contribution >= 4 is 39.6 Å². The largest absolute Gasteiger partial charge is 0.483 e. The van der Waals surface area contributed by atoms with E-state index in [1.54, 1.807) is 12.1 Å². The number of ether oxygens (including phenoxy) is 1. The molecule has 0 aliphatic carbocycles. The van der Waals surface area contributed by atoms with Crippen LogP contribution in [0, 0.1) is 6.92 Å². The highest BCUT2D eigenvalue weighted by molar-refractivity contribution is 7.18. The van der Waals surface area contributed by atoms with E-state index in [0.29, 0.717) is 15.0 Å². The van der Waals surface area contributed by atoms with Crippen molar-refractivity contribution in [3.63, 3.8) is 0 Å². The van der Waals surface area contributed by atoms with Gasteiger partial charge in [-0.2, -0.15) is 0 Å². The summed E-state index contributed by atoms with van der Waals surface area (Å²) in [6, 6.07) is 13.0. The molecule has 2 heterocycles. The van der Waals surface area contributed by atoms with E-state index in [2.05, 4.69) is 4.98 Å². The fourth-order valence-corrected chi connectivity index (χ4v) is 2.98. The summed E-state index contributed by atoms with van der Waals surface area (Å²) in [4.78, 5) is 17.1. The second-order valence-corrected chi connectivity index (χ2v) is 6.31. The number of pyridine rings is 1. The number of carbonyl (C=O) groups excluding carboxylic acids is 1. The second-order valence-electron chi connectivity index (χ2n) is 4.60. The third-order valence-corrected chi connectivity index (χ3v) is 4.30. The minimum Gasteiger partial charge on any atom is -0.483 e. The van der Waals surface area contributed by atoms with Crippen LogP contribution in [0.5, 0.6) is 5.75 Å². The van der Waals surface area contributed by atoms with Gasteiger partial charge in [-0.1, -0.05) is 29.8 Å². The van der Waals surface area contributed by atoms with Crippen molar-refractivity contribution in [2.75, 3.05) is 6.61 Å². The zero-order valence-electron chi connectivity index (χ0n) is 11.3. The molecule has 0 atom stereocenters. The van der Waals surface area contributed by atoms with Gasteiger partial charge in [0.2, 0.25) is 5.78 Å². The topological polar surface area (TPSA) is 39.2 Å². The summed E-state index contributed by atoms with van der Waals surface area (Å²) in [7, 11) is 0. The minimum atomic E-state index is -0.0865. The summed E-state index contributed by atoms with van der Waals surface area (Å²) >= 11 is 7.09. The molecule has 0 unspecified atom stereocenters. The van der Waals surface area contributed by atoms with Gasteiger partial charge in [0.1, 0.15) is 11.3 Å². The number of thiophene rings is 1. The van der Waals surface area contributed by atoms with Crippen molar-refractivity contribution in [3.8, 4) is 5.75 Å². The molecule has 0 aliphatic heterocycles. The Bertz CT molecular complexity index is 813. The highest BCUT2D eigenvalue weighted by atomic mass is 35.5. The highest BCUT2D eigenvalue weighted by Gasteiger charge is 2.11. The average Bonchev–Trinajstić information content (AvgIpc) is 2.91. The Kier molecular flexibility index (Phi) is 3.90. The van der Waals surface area contributed by atoms with Gasteiger partial charge in [-0.25, -0.2) is 4.98 Å². The van der Waals surface area contributed by atoms with Gasteiger partial charge < -0.3 is 4.74 Å². The Labute approximate surface area is 131 Å². The molecule has 0 radical (unpaired) electrons. The Morgan fingerprint density at radius 2 is 2.10 bits per heavy atom. The van der Waals surface area contributed by atoms with Gasteiger partial charge in [0.15, 0.2) is 6.61 Å². The Balaban J connectivity index is 1.82. The summed E-state index contributed by atoms with van der Waals surface area (Å²) in [5.41, 5.74) is 1.68. The van der Waals surface area contributed by atoms with Crippen molar-refractivity contribution in [2.45, 2.75) is 6.92 Å². The number of rotatable bonds is 4. The molecule has 3 aromatic rings. The van der Waals surface area contributed by atoms with Gasteiger partial charge in [-0.05, 0) is 31.2 Å². The first kappa shape index (κ1) is 14.0. The van der Waals surface area contributed by atoms with Gasteiger partial charge in [0, 0.05) is 11.1 Å². The number of ketones is 1. The molecular weight excluding hydrogens is 306 g/mol. The molecule has 21 heavy (non-hydrogen) atoms. The SMILES string of the molecule is Cc1ccc2cccc(OCC(=O)c3ccc(Cl)s3)c2n1. The fourth-order valence-electron chi connectivity index (χ4n) is 2.01. The van der Waals surface area contributed by atoms with Crippen LogP contribution >= 0.6 is 22.9 Å². The van der Waals surface area contributed by atoms with E-state index < -0.39 is 0 Å². The lowest BCUT2D eigenvalue weighted by atomic mass is 10.2. The molecule has 0 saturated carbocycles. The molecule has 1 aromatic carbocycles. The maximum atomic E-state index is 12.0. The lowest BCUT2D eigenvalue weighted by Gasteiger charge is -2.08. The highest BCUT2D eigenvalue weighted by Crippen LogP contribution is 2.25. The van der Waals surface area contributed by atoms with E-state index >= 15 is 0 Å². The zero-order valence-corrected chi connectivity index (χ0v) is 12.9. The number of aryl methyl sites for hydroxylation is 1. The quantitative estimate of drug-likeness (QED) is 0.664. The van der Waals surface area contributed by atoms with Crippen LogP contribution in [0.25, 0.3) is 10.9 Å². The number of aromatic nitrogens is 1. The molecule has 5 heteroatoms. The van der Waals surface area contributed by atoms with Crippen molar-refractivity contribution in [3.05, 3.63) is 57.4 Å². The molecule has 0 saturated heterocycles. The average molecular weight is 318 g/mol. The molecule has 0 aliphatic rings. The van der Waals surface area contributed by atoms with Crippen LogP contribution in [0.4, 0.5) is 0 Å². The first-order valence-electron chi connectivity index (χ1n) is 6.41. The van der Waals surface area contributed by atoms with Crippen LogP contribution in [0.3, 0.4) is 0 Å². The lowest BCUT2D eigenvalue weighted by molar-refractivity contribution is 0.0926. The summed E-state index contributed by atoms with van der Waals surface area (Å²) in [5.74, 6) is 0.531. The molecular formula is C16H12ClNO2S. The molecule has 3 rings (SSSR count). The van der Waals surface area contributed by atoms with E-state index in [9.17, 15) is 4.79 Å². The smallest absolute Gasteiger partial charge is 0.210 e. The number of halogens is 1. The zero-order chi connectivity index (χ0) is 14.8. The van der Waals surface area contributed by atoms with Crippen LogP contribution in [0.1, 0.15) is 15.4 Å². The first-order chi connectivity index (χ1) is 10.1. The third kappa shape index (κ3) is 3.06. The van der Waals surface area contributed by atoms with Crippen molar-refractivity contribution < 1.29 is 9.53 Å². The maximum absolute atomic E-state index is 12.0. The fraction of sp³-hybridized carbons (Fsp3) is 0.125. The Morgan fingerprint density at radius 1 is 1.24 bits per heavy atom. The normalized spacial score (nSPS) is 10.8. The number of hydrogen-bond donors (Lipinski definition) is 0. The molecule has 0 bridgehead atoms. The molecule has 0 spiro atoms. The lowest BCUT2D eigenvalue weighted by Crippen LogP contribution is -2.10. The molecule has 0 N–H and O–H groups in total. The molecule has 0 amide bonds. The van der Waals surface area contributed by atoms with E-state index in [-0.39, 0.29) is 12.4 Å².